The zero-order valence-corrected chi connectivity index (χ0v) is 6.01. The molecule has 1 atom stereocenters. The van der Waals surface area contributed by atoms with Gasteiger partial charge in [-0.15, -0.1) is 0 Å². The normalized spacial score (nSPS) is 37.7. The average molecular weight is 177 g/mol. The van der Waals surface area contributed by atoms with Gasteiger partial charge in [-0.05, 0) is 6.92 Å². The second-order valence-corrected chi connectivity index (χ2v) is 3.29. The molecule has 0 bridgehead atoms. The van der Waals surface area contributed by atoms with E-state index in [1.807, 2.05) is 0 Å². The van der Waals surface area contributed by atoms with Crippen LogP contribution in [-0.4, -0.2) is 16.5 Å². The van der Waals surface area contributed by atoms with E-state index < -0.39 is 16.5 Å². The fourth-order valence-electron chi connectivity index (χ4n) is 0.553. The van der Waals surface area contributed by atoms with Crippen molar-refractivity contribution in [3.05, 3.63) is 0 Å². The minimum atomic E-state index is -3.38. The van der Waals surface area contributed by atoms with Crippen LogP contribution in [-0.2, 0) is 4.74 Å². The third-order valence-corrected chi connectivity index (χ3v) is 2.28. The molecule has 1 nitrogen and oxygen atoms in total. The molecular formula is C4H4Cl2F2O. The van der Waals surface area contributed by atoms with E-state index in [0.717, 1.165) is 0 Å². The second-order valence-electron chi connectivity index (χ2n) is 1.90. The predicted molar refractivity (Wildman–Crippen MR) is 29.9 cm³/mol. The number of ether oxygens (including phenoxy) is 1. The average Bonchev–Trinajstić information content (AvgIpc) is 1.65. The fourth-order valence-corrected chi connectivity index (χ4v) is 0.731. The van der Waals surface area contributed by atoms with Gasteiger partial charge in [0.05, 0.1) is 0 Å². The predicted octanol–water partition coefficient (Wildman–Crippen LogP) is 2.17. The Morgan fingerprint density at radius 2 is 1.89 bits per heavy atom. The summed E-state index contributed by atoms with van der Waals surface area (Å²) >= 11 is 10.3. The topological polar surface area (TPSA) is 9.23 Å². The number of halogens is 4. The van der Waals surface area contributed by atoms with Crippen LogP contribution in [0.15, 0.2) is 0 Å². The molecule has 0 N–H and O–H groups in total. The molecule has 1 fully saturated rings. The quantitative estimate of drug-likeness (QED) is 0.515. The molecule has 0 saturated carbocycles. The smallest absolute Gasteiger partial charge is 0.311 e. The molecule has 0 aromatic heterocycles. The van der Waals surface area contributed by atoms with Gasteiger partial charge in [-0.3, -0.25) is 0 Å². The van der Waals surface area contributed by atoms with E-state index in [4.69, 9.17) is 23.2 Å². The Labute approximate surface area is 60.9 Å². The summed E-state index contributed by atoms with van der Waals surface area (Å²) in [6.07, 6.45) is -4.17. The molecule has 1 rings (SSSR count). The van der Waals surface area contributed by atoms with Crippen LogP contribution in [0, 0.1) is 0 Å². The highest BCUT2D eigenvalue weighted by Crippen LogP contribution is 2.52. The molecule has 0 amide bonds. The van der Waals surface area contributed by atoms with Crippen LogP contribution in [0.25, 0.3) is 0 Å². The highest BCUT2D eigenvalue weighted by Gasteiger charge is 2.68. The van der Waals surface area contributed by atoms with E-state index in [1.165, 1.54) is 6.92 Å². The third-order valence-electron chi connectivity index (χ3n) is 1.22. The van der Waals surface area contributed by atoms with Crippen molar-refractivity contribution in [2.75, 3.05) is 0 Å². The molecule has 1 aliphatic rings. The van der Waals surface area contributed by atoms with Crippen molar-refractivity contribution in [3.8, 4) is 0 Å². The zero-order chi connectivity index (χ0) is 7.28. The van der Waals surface area contributed by atoms with Gasteiger partial charge in [-0.1, -0.05) is 23.2 Å². The number of alkyl halides is 4. The maximum atomic E-state index is 12.1. The van der Waals surface area contributed by atoms with E-state index in [9.17, 15) is 8.78 Å². The Morgan fingerprint density at radius 1 is 1.44 bits per heavy atom. The molecule has 1 saturated heterocycles. The Bertz CT molecular complexity index is 137. The molecular weight excluding hydrogens is 173 g/mol. The van der Waals surface area contributed by atoms with Gasteiger partial charge in [0.15, 0.2) is 0 Å². The first-order valence-corrected chi connectivity index (χ1v) is 3.07. The SMILES string of the molecule is CC1OC(F)(F)C1(Cl)Cl. The maximum absolute atomic E-state index is 12.1. The van der Waals surface area contributed by atoms with Crippen LogP contribution < -0.4 is 0 Å². The van der Waals surface area contributed by atoms with E-state index in [-0.39, 0.29) is 0 Å². The first kappa shape index (κ1) is 7.51. The molecule has 5 heteroatoms. The number of hydrogen-bond donors (Lipinski definition) is 0. The third kappa shape index (κ3) is 0.827. The summed E-state index contributed by atoms with van der Waals surface area (Å²) in [5.74, 6) is 0. The van der Waals surface area contributed by atoms with Gasteiger partial charge in [0.25, 0.3) is 0 Å². The van der Waals surface area contributed by atoms with E-state index >= 15 is 0 Å². The van der Waals surface area contributed by atoms with Crippen molar-refractivity contribution < 1.29 is 13.5 Å². The first-order chi connectivity index (χ1) is 3.88. The molecule has 9 heavy (non-hydrogen) atoms. The summed E-state index contributed by atoms with van der Waals surface area (Å²) in [7, 11) is 0. The molecule has 54 valence electrons. The lowest BCUT2D eigenvalue weighted by atomic mass is 10.2. The summed E-state index contributed by atoms with van der Waals surface area (Å²) in [5, 5.41) is 0. The standard InChI is InChI=1S/C4H4Cl2F2O/c1-2-3(5,6)4(7,8)9-2/h2H,1H3. The number of rotatable bonds is 0. The molecule has 1 aliphatic heterocycles. The minimum Gasteiger partial charge on any atom is -0.311 e. The lowest BCUT2D eigenvalue weighted by Gasteiger charge is -2.44. The summed E-state index contributed by atoms with van der Waals surface area (Å²) < 4.78 is 26.1. The van der Waals surface area contributed by atoms with Crippen LogP contribution in [0.4, 0.5) is 8.78 Å². The molecule has 0 aromatic rings. The van der Waals surface area contributed by atoms with Crippen molar-refractivity contribution >= 4 is 23.2 Å². The molecule has 1 unspecified atom stereocenters. The van der Waals surface area contributed by atoms with Gasteiger partial charge >= 0.3 is 6.11 Å². The van der Waals surface area contributed by atoms with Gasteiger partial charge in [0.1, 0.15) is 6.10 Å². The number of hydrogen-bond acceptors (Lipinski definition) is 1. The van der Waals surface area contributed by atoms with E-state index in [2.05, 4.69) is 4.74 Å². The van der Waals surface area contributed by atoms with Crippen molar-refractivity contribution in [1.82, 2.24) is 0 Å². The Hall–Kier alpha value is 0.400. The lowest BCUT2D eigenvalue weighted by Crippen LogP contribution is -2.62. The molecule has 0 radical (unpaired) electrons. The Balaban J connectivity index is 2.70. The monoisotopic (exact) mass is 176 g/mol. The van der Waals surface area contributed by atoms with Gasteiger partial charge in [-0.25, -0.2) is 0 Å². The maximum Gasteiger partial charge on any atom is 0.391 e. The molecule has 0 aliphatic carbocycles. The lowest BCUT2D eigenvalue weighted by molar-refractivity contribution is -0.354. The fraction of sp³-hybridized carbons (Fsp3) is 1.00. The zero-order valence-electron chi connectivity index (χ0n) is 4.50. The Kier molecular flexibility index (Phi) is 1.43. The van der Waals surface area contributed by atoms with Gasteiger partial charge in [-0.2, -0.15) is 8.78 Å². The molecule has 1 heterocycles. The van der Waals surface area contributed by atoms with E-state index in [1.54, 1.807) is 0 Å². The highest BCUT2D eigenvalue weighted by molar-refractivity contribution is 6.50. The minimum absolute atomic E-state index is 0.796. The largest absolute Gasteiger partial charge is 0.391 e. The van der Waals surface area contributed by atoms with Gasteiger partial charge in [0.2, 0.25) is 4.33 Å². The summed E-state index contributed by atoms with van der Waals surface area (Å²) in [6.45, 7) is 1.39. The highest BCUT2D eigenvalue weighted by atomic mass is 35.5. The molecule has 0 spiro atoms. The van der Waals surface area contributed by atoms with E-state index in [0.29, 0.717) is 0 Å². The van der Waals surface area contributed by atoms with Crippen LogP contribution in [0.3, 0.4) is 0 Å². The van der Waals surface area contributed by atoms with Crippen molar-refractivity contribution in [1.29, 1.82) is 0 Å². The summed E-state index contributed by atoms with van der Waals surface area (Å²) in [4.78, 5) is 0. The van der Waals surface area contributed by atoms with Crippen LogP contribution in [0.2, 0.25) is 0 Å². The van der Waals surface area contributed by atoms with Crippen molar-refractivity contribution in [2.45, 2.75) is 23.5 Å². The van der Waals surface area contributed by atoms with Crippen molar-refractivity contribution in [3.63, 3.8) is 0 Å². The first-order valence-electron chi connectivity index (χ1n) is 2.31. The Morgan fingerprint density at radius 3 is 1.89 bits per heavy atom. The second kappa shape index (κ2) is 1.71. The summed E-state index contributed by atoms with van der Waals surface area (Å²) in [6, 6.07) is 0. The molecule has 0 aromatic carbocycles. The summed E-state index contributed by atoms with van der Waals surface area (Å²) in [5.41, 5.74) is 0. The van der Waals surface area contributed by atoms with Crippen LogP contribution >= 0.6 is 23.2 Å². The van der Waals surface area contributed by atoms with Gasteiger partial charge in [0, 0.05) is 0 Å². The van der Waals surface area contributed by atoms with Gasteiger partial charge < -0.3 is 4.74 Å². The van der Waals surface area contributed by atoms with Crippen LogP contribution in [0.5, 0.6) is 0 Å². The van der Waals surface area contributed by atoms with Crippen LogP contribution in [0.1, 0.15) is 6.92 Å². The van der Waals surface area contributed by atoms with Crippen molar-refractivity contribution in [2.24, 2.45) is 0 Å².